The Hall–Kier alpha value is -0.960. The Morgan fingerprint density at radius 3 is 3.23 bits per heavy atom. The van der Waals surface area contributed by atoms with Crippen molar-refractivity contribution < 1.29 is 0 Å². The smallest absolute Gasteiger partial charge is 0.128 e. The molecule has 1 aliphatic heterocycles. The van der Waals surface area contributed by atoms with Crippen LogP contribution in [0.2, 0.25) is 0 Å². The molecule has 0 radical (unpaired) electrons. The molecule has 2 heterocycles. The molecule has 0 amide bonds. The van der Waals surface area contributed by atoms with Crippen molar-refractivity contribution in [3.05, 3.63) is 23.8 Å². The van der Waals surface area contributed by atoms with Crippen LogP contribution in [-0.4, -0.2) is 16.5 Å². The zero-order chi connectivity index (χ0) is 9.10. The fourth-order valence-electron chi connectivity index (χ4n) is 1.72. The first kappa shape index (κ1) is 8.63. The van der Waals surface area contributed by atoms with E-state index in [0.29, 0.717) is 6.04 Å². The highest BCUT2D eigenvalue weighted by Gasteiger charge is 2.17. The predicted octanol–water partition coefficient (Wildman–Crippen LogP) is 1.46. The second-order valence-electron chi connectivity index (χ2n) is 3.40. The molecule has 1 aromatic heterocycles. The van der Waals surface area contributed by atoms with Gasteiger partial charge in [-0.25, -0.2) is 9.97 Å². The molecule has 0 aromatic carbocycles. The number of nitrogens with one attached hydrogen (secondary N) is 1. The van der Waals surface area contributed by atoms with Crippen molar-refractivity contribution in [2.75, 3.05) is 6.54 Å². The van der Waals surface area contributed by atoms with E-state index >= 15 is 0 Å². The minimum atomic E-state index is 0.466. The third kappa shape index (κ3) is 1.86. The summed E-state index contributed by atoms with van der Waals surface area (Å²) in [7, 11) is 0. The largest absolute Gasteiger partial charge is 0.309 e. The highest BCUT2D eigenvalue weighted by atomic mass is 15.0. The first-order chi connectivity index (χ1) is 6.40. The lowest BCUT2D eigenvalue weighted by Crippen LogP contribution is -2.15. The Morgan fingerprint density at radius 1 is 1.62 bits per heavy atom. The van der Waals surface area contributed by atoms with E-state index in [1.807, 2.05) is 12.3 Å². The third-order valence-corrected chi connectivity index (χ3v) is 2.46. The zero-order valence-electron chi connectivity index (χ0n) is 7.95. The molecule has 3 heteroatoms. The van der Waals surface area contributed by atoms with Gasteiger partial charge in [0.2, 0.25) is 0 Å². The van der Waals surface area contributed by atoms with Crippen LogP contribution >= 0.6 is 0 Å². The van der Waals surface area contributed by atoms with Gasteiger partial charge < -0.3 is 5.32 Å². The fraction of sp³-hybridized carbons (Fsp3) is 0.600. The number of hydrogen-bond donors (Lipinski definition) is 1. The summed E-state index contributed by atoms with van der Waals surface area (Å²) < 4.78 is 0. The lowest BCUT2D eigenvalue weighted by atomic mass is 10.1. The maximum Gasteiger partial charge on any atom is 0.128 e. The van der Waals surface area contributed by atoms with Crippen molar-refractivity contribution in [3.63, 3.8) is 0 Å². The van der Waals surface area contributed by atoms with Crippen LogP contribution in [-0.2, 0) is 6.42 Å². The van der Waals surface area contributed by atoms with Crippen LogP contribution in [0.25, 0.3) is 0 Å². The number of rotatable bonds is 2. The molecule has 1 aliphatic rings. The Morgan fingerprint density at radius 2 is 2.54 bits per heavy atom. The molecule has 2 rings (SSSR count). The summed E-state index contributed by atoms with van der Waals surface area (Å²) in [6, 6.07) is 2.48. The summed E-state index contributed by atoms with van der Waals surface area (Å²) in [5, 5.41) is 3.43. The molecule has 0 bridgehead atoms. The predicted molar refractivity (Wildman–Crippen MR) is 51.4 cm³/mol. The highest BCUT2D eigenvalue weighted by molar-refractivity contribution is 5.09. The van der Waals surface area contributed by atoms with Crippen LogP contribution in [0.4, 0.5) is 0 Å². The molecular weight excluding hydrogens is 162 g/mol. The van der Waals surface area contributed by atoms with E-state index in [2.05, 4.69) is 22.2 Å². The number of aromatic nitrogens is 2. The van der Waals surface area contributed by atoms with Crippen LogP contribution in [0.3, 0.4) is 0 Å². The van der Waals surface area contributed by atoms with Crippen LogP contribution in [0.15, 0.2) is 12.3 Å². The molecule has 0 aliphatic carbocycles. The van der Waals surface area contributed by atoms with E-state index in [1.165, 1.54) is 12.8 Å². The van der Waals surface area contributed by atoms with Gasteiger partial charge in [-0.15, -0.1) is 0 Å². The Labute approximate surface area is 78.6 Å². The minimum Gasteiger partial charge on any atom is -0.309 e. The highest BCUT2D eigenvalue weighted by Crippen LogP contribution is 2.20. The van der Waals surface area contributed by atoms with Gasteiger partial charge >= 0.3 is 0 Å². The molecule has 0 spiro atoms. The molecule has 1 fully saturated rings. The van der Waals surface area contributed by atoms with Crippen molar-refractivity contribution in [3.8, 4) is 0 Å². The quantitative estimate of drug-likeness (QED) is 0.743. The van der Waals surface area contributed by atoms with Gasteiger partial charge in [-0.2, -0.15) is 0 Å². The second-order valence-corrected chi connectivity index (χ2v) is 3.40. The fourth-order valence-corrected chi connectivity index (χ4v) is 1.72. The molecule has 1 N–H and O–H groups in total. The lowest BCUT2D eigenvalue weighted by Gasteiger charge is -2.09. The van der Waals surface area contributed by atoms with E-state index in [1.54, 1.807) is 0 Å². The van der Waals surface area contributed by atoms with Gasteiger partial charge in [0.15, 0.2) is 0 Å². The average Bonchev–Trinajstić information content (AvgIpc) is 2.71. The summed E-state index contributed by atoms with van der Waals surface area (Å²) in [5.74, 6) is 0.950. The summed E-state index contributed by atoms with van der Waals surface area (Å²) >= 11 is 0. The molecule has 3 nitrogen and oxygen atoms in total. The zero-order valence-corrected chi connectivity index (χ0v) is 7.95. The van der Waals surface area contributed by atoms with Gasteiger partial charge in [0.25, 0.3) is 0 Å². The van der Waals surface area contributed by atoms with Gasteiger partial charge in [-0.1, -0.05) is 6.92 Å². The second kappa shape index (κ2) is 3.83. The number of aryl methyl sites for hydroxylation is 1. The SMILES string of the molecule is CCc1nccc([C@@H]2CCCN2)n1. The monoisotopic (exact) mass is 177 g/mol. The van der Waals surface area contributed by atoms with Crippen LogP contribution in [0.1, 0.15) is 37.3 Å². The van der Waals surface area contributed by atoms with Gasteiger partial charge in [-0.05, 0) is 25.5 Å². The van der Waals surface area contributed by atoms with E-state index in [0.717, 1.165) is 24.5 Å². The molecule has 1 saturated heterocycles. The van der Waals surface area contributed by atoms with Crippen LogP contribution in [0, 0.1) is 0 Å². The summed E-state index contributed by atoms with van der Waals surface area (Å²) in [6.45, 7) is 3.21. The lowest BCUT2D eigenvalue weighted by molar-refractivity contribution is 0.620. The molecule has 70 valence electrons. The van der Waals surface area contributed by atoms with Crippen molar-refractivity contribution in [1.29, 1.82) is 0 Å². The van der Waals surface area contributed by atoms with Crippen LogP contribution < -0.4 is 5.32 Å². The van der Waals surface area contributed by atoms with E-state index in [9.17, 15) is 0 Å². The van der Waals surface area contributed by atoms with E-state index in [4.69, 9.17) is 0 Å². The van der Waals surface area contributed by atoms with Crippen LogP contribution in [0.5, 0.6) is 0 Å². The maximum atomic E-state index is 4.50. The standard InChI is InChI=1S/C10H15N3/c1-2-10-12-7-5-9(13-10)8-4-3-6-11-8/h5,7-8,11H,2-4,6H2,1H3/t8-/m0/s1. The normalized spacial score (nSPS) is 22.1. The summed E-state index contributed by atoms with van der Waals surface area (Å²) in [6.07, 6.45) is 5.25. The van der Waals surface area contributed by atoms with E-state index < -0.39 is 0 Å². The number of nitrogens with zero attached hydrogens (tertiary/aromatic N) is 2. The Kier molecular flexibility index (Phi) is 2.54. The molecule has 0 saturated carbocycles. The average molecular weight is 177 g/mol. The van der Waals surface area contributed by atoms with Gasteiger partial charge in [0, 0.05) is 18.7 Å². The van der Waals surface area contributed by atoms with Crippen molar-refractivity contribution in [1.82, 2.24) is 15.3 Å². The topological polar surface area (TPSA) is 37.8 Å². The first-order valence-electron chi connectivity index (χ1n) is 4.95. The molecule has 13 heavy (non-hydrogen) atoms. The number of hydrogen-bond acceptors (Lipinski definition) is 3. The summed E-state index contributed by atoms with van der Waals surface area (Å²) in [4.78, 5) is 8.69. The van der Waals surface area contributed by atoms with Crippen molar-refractivity contribution in [2.45, 2.75) is 32.2 Å². The van der Waals surface area contributed by atoms with Gasteiger partial charge in [0.05, 0.1) is 5.69 Å². The summed E-state index contributed by atoms with van der Waals surface area (Å²) in [5.41, 5.74) is 1.16. The molecule has 1 atom stereocenters. The van der Waals surface area contributed by atoms with Gasteiger partial charge in [-0.3, -0.25) is 0 Å². The minimum absolute atomic E-state index is 0.466. The van der Waals surface area contributed by atoms with Gasteiger partial charge in [0.1, 0.15) is 5.82 Å². The maximum absolute atomic E-state index is 4.50. The van der Waals surface area contributed by atoms with E-state index in [-0.39, 0.29) is 0 Å². The first-order valence-corrected chi connectivity index (χ1v) is 4.95. The third-order valence-electron chi connectivity index (χ3n) is 2.46. The molecule has 1 aromatic rings. The van der Waals surface area contributed by atoms with Crippen molar-refractivity contribution >= 4 is 0 Å². The molecular formula is C10H15N3. The Bertz CT molecular complexity index is 279. The Balaban J connectivity index is 2.18. The van der Waals surface area contributed by atoms with Crippen molar-refractivity contribution in [2.24, 2.45) is 0 Å². The molecule has 0 unspecified atom stereocenters.